The molecule has 0 bridgehead atoms. The zero-order valence-electron chi connectivity index (χ0n) is 14.0. The average molecular weight is 343 g/mol. The van der Waals surface area contributed by atoms with Crippen molar-refractivity contribution in [3.8, 4) is 0 Å². The summed E-state index contributed by atoms with van der Waals surface area (Å²) in [6.07, 6.45) is 6.12. The average Bonchev–Trinajstić information content (AvgIpc) is 3.16. The van der Waals surface area contributed by atoms with Gasteiger partial charge in [0.2, 0.25) is 0 Å². The van der Waals surface area contributed by atoms with Gasteiger partial charge in [0, 0.05) is 32.5 Å². The molecule has 0 N–H and O–H groups in total. The maximum atomic E-state index is 6.10. The van der Waals surface area contributed by atoms with Gasteiger partial charge in [0.15, 0.2) is 10.8 Å². The van der Waals surface area contributed by atoms with Crippen LogP contribution in [0.5, 0.6) is 0 Å². The van der Waals surface area contributed by atoms with Crippen LogP contribution in [-0.2, 0) is 18.4 Å². The van der Waals surface area contributed by atoms with Crippen LogP contribution in [0.3, 0.4) is 0 Å². The molecule has 24 heavy (non-hydrogen) atoms. The predicted octanol–water partition coefficient (Wildman–Crippen LogP) is 2.92. The maximum absolute atomic E-state index is 6.10. The number of hydrogen-bond donors (Lipinski definition) is 0. The van der Waals surface area contributed by atoms with Gasteiger partial charge in [-0.25, -0.2) is 9.67 Å². The topological polar surface area (TPSA) is 56.1 Å². The number of aromatic nitrogens is 4. The summed E-state index contributed by atoms with van der Waals surface area (Å²) in [4.78, 5) is 11.3. The van der Waals surface area contributed by atoms with Crippen molar-refractivity contribution in [2.24, 2.45) is 7.05 Å². The number of ether oxygens (including phenoxy) is 1. The van der Waals surface area contributed by atoms with E-state index in [2.05, 4.69) is 21.0 Å². The van der Waals surface area contributed by atoms with Gasteiger partial charge in [0.1, 0.15) is 0 Å². The van der Waals surface area contributed by atoms with Crippen molar-refractivity contribution in [2.45, 2.75) is 32.5 Å². The minimum Gasteiger partial charge on any atom is -0.372 e. The maximum Gasteiger partial charge on any atom is 0.188 e. The molecule has 0 unspecified atom stereocenters. The lowest BCUT2D eigenvalue weighted by molar-refractivity contribution is 0.0314. The van der Waals surface area contributed by atoms with Crippen LogP contribution in [0.4, 0.5) is 5.13 Å². The Morgan fingerprint density at radius 2 is 2.33 bits per heavy atom. The number of anilines is 1. The molecule has 1 saturated heterocycles. The van der Waals surface area contributed by atoms with Crippen molar-refractivity contribution in [2.75, 3.05) is 18.0 Å². The molecular weight excluding hydrogens is 322 g/mol. The SMILES string of the molecule is Cc1nn(C)c2nc(N3CCC[C@@H](OCc4cccnc4)C3)sc12. The van der Waals surface area contributed by atoms with Gasteiger partial charge in [-0.2, -0.15) is 5.10 Å². The Morgan fingerprint density at radius 3 is 3.12 bits per heavy atom. The smallest absolute Gasteiger partial charge is 0.188 e. The fourth-order valence-electron chi connectivity index (χ4n) is 3.15. The molecule has 1 atom stereocenters. The molecule has 0 spiro atoms. The second kappa shape index (κ2) is 6.49. The molecule has 126 valence electrons. The summed E-state index contributed by atoms with van der Waals surface area (Å²) in [5.41, 5.74) is 3.15. The van der Waals surface area contributed by atoms with E-state index in [1.165, 1.54) is 4.70 Å². The molecule has 1 aliphatic rings. The van der Waals surface area contributed by atoms with Crippen LogP contribution >= 0.6 is 11.3 Å². The second-order valence-electron chi connectivity index (χ2n) is 6.24. The van der Waals surface area contributed by atoms with E-state index >= 15 is 0 Å². The minimum absolute atomic E-state index is 0.241. The number of piperidine rings is 1. The van der Waals surface area contributed by atoms with E-state index in [9.17, 15) is 0 Å². The molecule has 1 fully saturated rings. The minimum atomic E-state index is 0.241. The van der Waals surface area contributed by atoms with Crippen LogP contribution in [-0.4, -0.2) is 38.9 Å². The molecule has 0 radical (unpaired) electrons. The third-order valence-corrected chi connectivity index (χ3v) is 5.60. The summed E-state index contributed by atoms with van der Waals surface area (Å²) in [6, 6.07) is 4.00. The number of pyridine rings is 1. The first-order chi connectivity index (χ1) is 11.7. The van der Waals surface area contributed by atoms with Gasteiger partial charge in [0.05, 0.1) is 23.1 Å². The third-order valence-electron chi connectivity index (χ3n) is 4.39. The fourth-order valence-corrected chi connectivity index (χ4v) is 4.22. The Labute approximate surface area is 145 Å². The normalized spacial score (nSPS) is 18.4. The predicted molar refractivity (Wildman–Crippen MR) is 95.4 cm³/mol. The van der Waals surface area contributed by atoms with Crippen LogP contribution in [0.1, 0.15) is 24.1 Å². The van der Waals surface area contributed by atoms with Gasteiger partial charge < -0.3 is 9.64 Å². The zero-order chi connectivity index (χ0) is 16.5. The summed E-state index contributed by atoms with van der Waals surface area (Å²) in [6.45, 7) is 4.60. The Morgan fingerprint density at radius 1 is 1.42 bits per heavy atom. The summed E-state index contributed by atoms with van der Waals surface area (Å²) >= 11 is 1.73. The van der Waals surface area contributed by atoms with Gasteiger partial charge in [0.25, 0.3) is 0 Å². The molecule has 3 aromatic heterocycles. The highest BCUT2D eigenvalue weighted by molar-refractivity contribution is 7.22. The molecular formula is C17H21N5OS. The highest BCUT2D eigenvalue weighted by atomic mass is 32.1. The number of nitrogens with zero attached hydrogens (tertiary/aromatic N) is 5. The van der Waals surface area contributed by atoms with Crippen molar-refractivity contribution in [1.29, 1.82) is 0 Å². The van der Waals surface area contributed by atoms with Gasteiger partial charge in [-0.3, -0.25) is 4.98 Å². The number of fused-ring (bicyclic) bond motifs is 1. The van der Waals surface area contributed by atoms with Crippen LogP contribution in [0, 0.1) is 6.92 Å². The molecule has 1 aliphatic heterocycles. The molecule has 0 saturated carbocycles. The fraction of sp³-hybridized carbons (Fsp3) is 0.471. The lowest BCUT2D eigenvalue weighted by Crippen LogP contribution is -2.39. The van der Waals surface area contributed by atoms with Crippen molar-refractivity contribution < 1.29 is 4.74 Å². The van der Waals surface area contributed by atoms with E-state index in [-0.39, 0.29) is 6.10 Å². The second-order valence-corrected chi connectivity index (χ2v) is 7.22. The third kappa shape index (κ3) is 3.01. The summed E-state index contributed by atoms with van der Waals surface area (Å²) < 4.78 is 9.15. The van der Waals surface area contributed by atoms with Crippen molar-refractivity contribution in [3.63, 3.8) is 0 Å². The summed E-state index contributed by atoms with van der Waals surface area (Å²) in [5.74, 6) is 0. The molecule has 4 heterocycles. The van der Waals surface area contributed by atoms with E-state index < -0.39 is 0 Å². The highest BCUT2D eigenvalue weighted by Gasteiger charge is 2.24. The van der Waals surface area contributed by atoms with Crippen LogP contribution in [0.25, 0.3) is 10.3 Å². The first-order valence-corrected chi connectivity index (χ1v) is 9.08. The number of aryl methyl sites for hydroxylation is 2. The number of thiazole rings is 1. The van der Waals surface area contributed by atoms with E-state index in [0.717, 1.165) is 48.0 Å². The van der Waals surface area contributed by atoms with Crippen molar-refractivity contribution >= 4 is 26.8 Å². The largest absolute Gasteiger partial charge is 0.372 e. The lowest BCUT2D eigenvalue weighted by atomic mass is 10.1. The monoisotopic (exact) mass is 343 g/mol. The first kappa shape index (κ1) is 15.5. The Hall–Kier alpha value is -1.99. The van der Waals surface area contributed by atoms with Gasteiger partial charge in [-0.15, -0.1) is 0 Å². The zero-order valence-corrected chi connectivity index (χ0v) is 14.8. The quantitative estimate of drug-likeness (QED) is 0.729. The highest BCUT2D eigenvalue weighted by Crippen LogP contribution is 2.32. The van der Waals surface area contributed by atoms with Gasteiger partial charge >= 0.3 is 0 Å². The molecule has 4 rings (SSSR count). The van der Waals surface area contributed by atoms with Crippen molar-refractivity contribution in [3.05, 3.63) is 35.8 Å². The molecule has 6 nitrogen and oxygen atoms in total. The molecule has 0 aliphatic carbocycles. The van der Waals surface area contributed by atoms with Crippen LogP contribution in [0.2, 0.25) is 0 Å². The Bertz CT molecular complexity index is 794. The molecule has 7 heteroatoms. The molecule has 0 amide bonds. The molecule has 3 aromatic rings. The number of hydrogen-bond acceptors (Lipinski definition) is 6. The molecule has 0 aromatic carbocycles. The summed E-state index contributed by atoms with van der Waals surface area (Å²) in [7, 11) is 1.95. The van der Waals surface area contributed by atoms with Crippen LogP contribution < -0.4 is 4.90 Å². The van der Waals surface area contributed by atoms with Gasteiger partial charge in [-0.05, 0) is 31.4 Å². The van der Waals surface area contributed by atoms with E-state index in [1.807, 2.05) is 30.9 Å². The lowest BCUT2D eigenvalue weighted by Gasteiger charge is -2.32. The van der Waals surface area contributed by atoms with E-state index in [4.69, 9.17) is 9.72 Å². The Balaban J connectivity index is 1.44. The summed E-state index contributed by atoms with van der Waals surface area (Å²) in [5, 5.41) is 5.51. The standard InChI is InChI=1S/C17H21N5OS/c1-12-15-16(21(2)20-12)19-17(24-15)22-8-4-6-14(10-22)23-11-13-5-3-7-18-9-13/h3,5,7,9,14H,4,6,8,10-11H2,1-2H3/t14-/m1/s1. The van der Waals surface area contributed by atoms with Crippen molar-refractivity contribution in [1.82, 2.24) is 19.7 Å². The Kier molecular flexibility index (Phi) is 4.20. The van der Waals surface area contributed by atoms with Gasteiger partial charge in [-0.1, -0.05) is 17.4 Å². The van der Waals surface area contributed by atoms with E-state index in [0.29, 0.717) is 6.61 Å². The first-order valence-electron chi connectivity index (χ1n) is 8.26. The van der Waals surface area contributed by atoms with Crippen LogP contribution in [0.15, 0.2) is 24.5 Å². The van der Waals surface area contributed by atoms with E-state index in [1.54, 1.807) is 17.5 Å². The number of rotatable bonds is 4.